The summed E-state index contributed by atoms with van der Waals surface area (Å²) in [4.78, 5) is 0. The Morgan fingerprint density at radius 1 is 1.00 bits per heavy atom. The zero-order valence-corrected chi connectivity index (χ0v) is 11.5. The number of benzene rings is 2. The number of rotatable bonds is 2. The molecule has 1 N–H and O–H groups in total. The van der Waals surface area contributed by atoms with Crippen molar-refractivity contribution < 1.29 is 4.74 Å². The highest BCUT2D eigenvalue weighted by molar-refractivity contribution is 5.42. The second kappa shape index (κ2) is 4.95. The predicted molar refractivity (Wildman–Crippen MR) is 80.2 cm³/mol. The molecule has 102 valence electrons. The molecule has 0 aliphatic carbocycles. The van der Waals surface area contributed by atoms with Crippen molar-refractivity contribution in [3.8, 4) is 5.75 Å². The Labute approximate surface area is 119 Å². The minimum atomic E-state index is 0.441. The standard InChI is InChI=1S/C18H19NO/c1-2-4-13(5-3-1)18-16(8-10-19-18)14-6-7-17-15(12-14)9-11-20-17/h1-7,12,16,18-19H,8-11H2. The van der Waals surface area contributed by atoms with Gasteiger partial charge in [0.25, 0.3) is 0 Å². The van der Waals surface area contributed by atoms with Crippen molar-refractivity contribution in [3.63, 3.8) is 0 Å². The summed E-state index contributed by atoms with van der Waals surface area (Å²) in [6, 6.07) is 18.0. The van der Waals surface area contributed by atoms with Crippen LogP contribution in [-0.2, 0) is 6.42 Å². The van der Waals surface area contributed by atoms with Gasteiger partial charge in [-0.15, -0.1) is 0 Å². The van der Waals surface area contributed by atoms with Crippen LogP contribution < -0.4 is 10.1 Å². The summed E-state index contributed by atoms with van der Waals surface area (Å²) in [7, 11) is 0. The van der Waals surface area contributed by atoms with Crippen LogP contribution in [0.4, 0.5) is 0 Å². The topological polar surface area (TPSA) is 21.3 Å². The van der Waals surface area contributed by atoms with Crippen molar-refractivity contribution >= 4 is 0 Å². The fraction of sp³-hybridized carbons (Fsp3) is 0.333. The van der Waals surface area contributed by atoms with E-state index in [-0.39, 0.29) is 0 Å². The third-order valence-corrected chi connectivity index (χ3v) is 4.52. The van der Waals surface area contributed by atoms with Gasteiger partial charge in [-0.3, -0.25) is 0 Å². The Morgan fingerprint density at radius 3 is 2.80 bits per heavy atom. The summed E-state index contributed by atoms with van der Waals surface area (Å²) in [5.41, 5.74) is 4.22. The Balaban J connectivity index is 1.67. The van der Waals surface area contributed by atoms with Crippen molar-refractivity contribution in [3.05, 3.63) is 65.2 Å². The Hall–Kier alpha value is -1.80. The summed E-state index contributed by atoms with van der Waals surface area (Å²) in [6.45, 7) is 1.93. The zero-order valence-electron chi connectivity index (χ0n) is 11.5. The van der Waals surface area contributed by atoms with Crippen LogP contribution in [0.25, 0.3) is 0 Å². The smallest absolute Gasteiger partial charge is 0.122 e. The molecule has 2 aliphatic rings. The molecule has 0 saturated carbocycles. The van der Waals surface area contributed by atoms with E-state index >= 15 is 0 Å². The quantitative estimate of drug-likeness (QED) is 0.898. The second-order valence-corrected chi connectivity index (χ2v) is 5.70. The maximum Gasteiger partial charge on any atom is 0.122 e. The van der Waals surface area contributed by atoms with Crippen LogP contribution in [-0.4, -0.2) is 13.2 Å². The first-order valence-electron chi connectivity index (χ1n) is 7.46. The molecule has 2 aromatic carbocycles. The fourth-order valence-corrected chi connectivity index (χ4v) is 3.51. The molecule has 20 heavy (non-hydrogen) atoms. The molecule has 2 atom stereocenters. The lowest BCUT2D eigenvalue weighted by Gasteiger charge is -2.21. The van der Waals surface area contributed by atoms with Crippen LogP contribution in [0.15, 0.2) is 48.5 Å². The molecule has 2 heterocycles. The van der Waals surface area contributed by atoms with Crippen LogP contribution in [0.5, 0.6) is 5.75 Å². The zero-order chi connectivity index (χ0) is 13.4. The number of ether oxygens (including phenoxy) is 1. The molecule has 2 unspecified atom stereocenters. The van der Waals surface area contributed by atoms with Crippen LogP contribution in [0.3, 0.4) is 0 Å². The van der Waals surface area contributed by atoms with Gasteiger partial charge in [0.1, 0.15) is 5.75 Å². The lowest BCUT2D eigenvalue weighted by atomic mass is 9.87. The molecule has 2 aromatic rings. The number of fused-ring (bicyclic) bond motifs is 1. The van der Waals surface area contributed by atoms with E-state index in [4.69, 9.17) is 4.74 Å². The number of hydrogen-bond acceptors (Lipinski definition) is 2. The fourth-order valence-electron chi connectivity index (χ4n) is 3.51. The van der Waals surface area contributed by atoms with Crippen LogP contribution in [0, 0.1) is 0 Å². The van der Waals surface area contributed by atoms with E-state index in [9.17, 15) is 0 Å². The van der Waals surface area contributed by atoms with Crippen molar-refractivity contribution in [2.24, 2.45) is 0 Å². The lowest BCUT2D eigenvalue weighted by Crippen LogP contribution is -2.16. The van der Waals surface area contributed by atoms with Gasteiger partial charge >= 0.3 is 0 Å². The molecule has 0 radical (unpaired) electrons. The van der Waals surface area contributed by atoms with Gasteiger partial charge in [0, 0.05) is 18.4 Å². The molecule has 2 aliphatic heterocycles. The lowest BCUT2D eigenvalue weighted by molar-refractivity contribution is 0.356. The maximum absolute atomic E-state index is 5.61. The molecule has 2 nitrogen and oxygen atoms in total. The number of hydrogen-bond donors (Lipinski definition) is 1. The van der Waals surface area contributed by atoms with Gasteiger partial charge in [0.05, 0.1) is 6.61 Å². The molecule has 1 saturated heterocycles. The van der Waals surface area contributed by atoms with E-state index < -0.39 is 0 Å². The average molecular weight is 265 g/mol. The molecule has 2 heteroatoms. The molecular weight excluding hydrogens is 246 g/mol. The normalized spacial score (nSPS) is 24.4. The van der Waals surface area contributed by atoms with Crippen molar-refractivity contribution in [1.82, 2.24) is 5.32 Å². The van der Waals surface area contributed by atoms with Gasteiger partial charge in [0.2, 0.25) is 0 Å². The summed E-state index contributed by atoms with van der Waals surface area (Å²) >= 11 is 0. The van der Waals surface area contributed by atoms with Gasteiger partial charge in [-0.2, -0.15) is 0 Å². The van der Waals surface area contributed by atoms with Crippen LogP contribution in [0.2, 0.25) is 0 Å². The first kappa shape index (κ1) is 12.0. The maximum atomic E-state index is 5.61. The summed E-state index contributed by atoms with van der Waals surface area (Å²) < 4.78 is 5.61. The number of nitrogens with one attached hydrogen (secondary N) is 1. The van der Waals surface area contributed by atoms with Crippen LogP contribution in [0.1, 0.15) is 35.1 Å². The highest BCUT2D eigenvalue weighted by Crippen LogP contribution is 2.39. The van der Waals surface area contributed by atoms with Crippen molar-refractivity contribution in [1.29, 1.82) is 0 Å². The molecule has 0 bridgehead atoms. The first-order chi connectivity index (χ1) is 9.92. The molecule has 0 spiro atoms. The monoisotopic (exact) mass is 265 g/mol. The molecule has 0 amide bonds. The highest BCUT2D eigenvalue weighted by Gasteiger charge is 2.30. The van der Waals surface area contributed by atoms with E-state index in [0.717, 1.165) is 25.3 Å². The van der Waals surface area contributed by atoms with Gasteiger partial charge in [-0.05, 0) is 35.7 Å². The molecule has 1 fully saturated rings. The SMILES string of the molecule is c1ccc(C2NCCC2c2ccc3c(c2)CCO3)cc1. The van der Waals surface area contributed by atoms with Gasteiger partial charge in [-0.25, -0.2) is 0 Å². The molecule has 4 rings (SSSR count). The first-order valence-corrected chi connectivity index (χ1v) is 7.46. The van der Waals surface area contributed by atoms with E-state index in [1.165, 1.54) is 23.1 Å². The van der Waals surface area contributed by atoms with E-state index in [0.29, 0.717) is 12.0 Å². The minimum absolute atomic E-state index is 0.441. The molecular formula is C18H19NO. The van der Waals surface area contributed by atoms with E-state index in [1.807, 2.05) is 0 Å². The Kier molecular flexibility index (Phi) is 2.96. The summed E-state index contributed by atoms with van der Waals surface area (Å²) in [5, 5.41) is 3.66. The average Bonchev–Trinajstić information content (AvgIpc) is 3.16. The Morgan fingerprint density at radius 2 is 1.90 bits per heavy atom. The van der Waals surface area contributed by atoms with Gasteiger partial charge in [-0.1, -0.05) is 42.5 Å². The largest absolute Gasteiger partial charge is 0.493 e. The van der Waals surface area contributed by atoms with E-state index in [2.05, 4.69) is 53.8 Å². The summed E-state index contributed by atoms with van der Waals surface area (Å²) in [6.07, 6.45) is 2.26. The highest BCUT2D eigenvalue weighted by atomic mass is 16.5. The minimum Gasteiger partial charge on any atom is -0.493 e. The molecule has 0 aromatic heterocycles. The Bertz CT molecular complexity index is 608. The third-order valence-electron chi connectivity index (χ3n) is 4.52. The van der Waals surface area contributed by atoms with Crippen molar-refractivity contribution in [2.75, 3.05) is 13.2 Å². The van der Waals surface area contributed by atoms with E-state index in [1.54, 1.807) is 0 Å². The van der Waals surface area contributed by atoms with Gasteiger partial charge in [0.15, 0.2) is 0 Å². The second-order valence-electron chi connectivity index (χ2n) is 5.70. The van der Waals surface area contributed by atoms with Crippen molar-refractivity contribution in [2.45, 2.75) is 24.8 Å². The third kappa shape index (κ3) is 2.01. The predicted octanol–water partition coefficient (Wildman–Crippen LogP) is 3.44. The van der Waals surface area contributed by atoms with Crippen LogP contribution >= 0.6 is 0 Å². The summed E-state index contributed by atoms with van der Waals surface area (Å²) in [5.74, 6) is 1.65. The van der Waals surface area contributed by atoms with Gasteiger partial charge < -0.3 is 10.1 Å².